The average molecular weight is 438 g/mol. The largest absolute Gasteiger partial charge is 0.497 e. The fourth-order valence-corrected chi connectivity index (χ4v) is 3.97. The second-order valence-corrected chi connectivity index (χ2v) is 8.18. The summed E-state index contributed by atoms with van der Waals surface area (Å²) in [6.45, 7) is 3.31. The molecule has 2 aromatic carbocycles. The van der Waals surface area contributed by atoms with Gasteiger partial charge in [0.2, 0.25) is 11.8 Å². The van der Waals surface area contributed by atoms with Gasteiger partial charge in [0.15, 0.2) is 0 Å². The first kappa shape index (κ1) is 23.3. The third-order valence-electron chi connectivity index (χ3n) is 5.66. The van der Waals surface area contributed by atoms with E-state index in [1.807, 2.05) is 29.2 Å². The molecule has 0 spiro atoms. The molecule has 0 saturated carbocycles. The highest BCUT2D eigenvalue weighted by Crippen LogP contribution is 2.23. The molecular formula is C25H31N3O4. The van der Waals surface area contributed by atoms with Crippen molar-refractivity contribution in [2.24, 2.45) is 5.92 Å². The number of carbonyl (C=O) groups is 3. The van der Waals surface area contributed by atoms with Crippen LogP contribution >= 0.6 is 0 Å². The van der Waals surface area contributed by atoms with Gasteiger partial charge >= 0.3 is 0 Å². The number of rotatable bonds is 8. The van der Waals surface area contributed by atoms with E-state index in [4.69, 9.17) is 4.74 Å². The second kappa shape index (κ2) is 11.3. The maximum absolute atomic E-state index is 12.9. The molecule has 1 atom stereocenters. The monoisotopic (exact) mass is 437 g/mol. The summed E-state index contributed by atoms with van der Waals surface area (Å²) in [4.78, 5) is 38.2. The predicted molar refractivity (Wildman–Crippen MR) is 123 cm³/mol. The highest BCUT2D eigenvalue weighted by Gasteiger charge is 2.25. The van der Waals surface area contributed by atoms with Crippen LogP contribution in [0.15, 0.2) is 48.5 Å². The predicted octanol–water partition coefficient (Wildman–Crippen LogP) is 3.60. The fraction of sp³-hybridized carbons (Fsp3) is 0.400. The minimum absolute atomic E-state index is 0.00782. The van der Waals surface area contributed by atoms with Crippen LogP contribution in [-0.2, 0) is 16.1 Å². The maximum atomic E-state index is 12.9. The van der Waals surface area contributed by atoms with E-state index in [1.165, 1.54) is 6.92 Å². The van der Waals surface area contributed by atoms with Crippen molar-refractivity contribution >= 4 is 23.4 Å². The van der Waals surface area contributed by atoms with E-state index < -0.39 is 0 Å². The van der Waals surface area contributed by atoms with Gasteiger partial charge in [-0.2, -0.15) is 0 Å². The van der Waals surface area contributed by atoms with E-state index in [-0.39, 0.29) is 17.7 Å². The number of nitrogens with zero attached hydrogens (tertiary/aromatic N) is 1. The zero-order valence-corrected chi connectivity index (χ0v) is 18.7. The Morgan fingerprint density at radius 2 is 1.91 bits per heavy atom. The van der Waals surface area contributed by atoms with Crippen LogP contribution in [-0.4, -0.2) is 42.8 Å². The summed E-state index contributed by atoms with van der Waals surface area (Å²) in [7, 11) is 1.62. The van der Waals surface area contributed by atoms with Gasteiger partial charge in [-0.25, -0.2) is 0 Å². The topological polar surface area (TPSA) is 87.7 Å². The van der Waals surface area contributed by atoms with Gasteiger partial charge in [-0.05, 0) is 67.1 Å². The lowest BCUT2D eigenvalue weighted by Crippen LogP contribution is -2.40. The summed E-state index contributed by atoms with van der Waals surface area (Å²) in [6, 6.07) is 14.6. The van der Waals surface area contributed by atoms with Gasteiger partial charge < -0.3 is 20.3 Å². The Kier molecular flexibility index (Phi) is 8.25. The number of piperidine rings is 1. The summed E-state index contributed by atoms with van der Waals surface area (Å²) >= 11 is 0. The van der Waals surface area contributed by atoms with Crippen molar-refractivity contribution in [3.63, 3.8) is 0 Å². The van der Waals surface area contributed by atoms with Gasteiger partial charge in [0.25, 0.3) is 5.91 Å². The van der Waals surface area contributed by atoms with Crippen LogP contribution in [0.25, 0.3) is 0 Å². The summed E-state index contributed by atoms with van der Waals surface area (Å²) in [6.07, 6.45) is 3.16. The smallest absolute Gasteiger partial charge is 0.253 e. The Labute approximate surface area is 189 Å². The molecule has 1 aliphatic heterocycles. The van der Waals surface area contributed by atoms with Crippen LogP contribution in [0.4, 0.5) is 5.69 Å². The molecule has 1 unspecified atom stereocenters. The normalized spacial score (nSPS) is 15.7. The molecular weight excluding hydrogens is 406 g/mol. The van der Waals surface area contributed by atoms with Crippen LogP contribution in [0.3, 0.4) is 0 Å². The van der Waals surface area contributed by atoms with Crippen molar-refractivity contribution in [1.82, 2.24) is 10.2 Å². The quantitative estimate of drug-likeness (QED) is 0.661. The number of hydrogen-bond acceptors (Lipinski definition) is 4. The number of carbonyl (C=O) groups excluding carboxylic acids is 3. The van der Waals surface area contributed by atoms with Crippen molar-refractivity contribution in [3.8, 4) is 5.75 Å². The van der Waals surface area contributed by atoms with Crippen LogP contribution in [0.1, 0.15) is 48.5 Å². The molecule has 1 saturated heterocycles. The minimum Gasteiger partial charge on any atom is -0.497 e. The first-order chi connectivity index (χ1) is 15.4. The highest BCUT2D eigenvalue weighted by molar-refractivity contribution is 5.95. The van der Waals surface area contributed by atoms with Gasteiger partial charge in [-0.1, -0.05) is 12.1 Å². The summed E-state index contributed by atoms with van der Waals surface area (Å²) in [5.74, 6) is 0.953. The number of nitrogens with one attached hydrogen (secondary N) is 2. The third kappa shape index (κ3) is 6.83. The molecule has 170 valence electrons. The number of methoxy groups -OCH3 is 1. The van der Waals surface area contributed by atoms with E-state index in [0.29, 0.717) is 36.7 Å². The molecule has 32 heavy (non-hydrogen) atoms. The molecule has 0 aromatic heterocycles. The van der Waals surface area contributed by atoms with Crippen molar-refractivity contribution in [1.29, 1.82) is 0 Å². The van der Waals surface area contributed by atoms with E-state index in [2.05, 4.69) is 10.6 Å². The third-order valence-corrected chi connectivity index (χ3v) is 5.66. The standard InChI is InChI=1S/C25H31N3O4/c1-18(29)27-22-11-9-21(10-12-22)25(31)28-14-4-6-19(17-28)8-13-24(30)26-16-20-5-3-7-23(15-20)32-2/h3,5,7,9-12,15,19H,4,6,8,13-14,16-17H2,1-2H3,(H,26,30)(H,27,29). The second-order valence-electron chi connectivity index (χ2n) is 8.18. The van der Waals surface area contributed by atoms with Crippen molar-refractivity contribution < 1.29 is 19.1 Å². The van der Waals surface area contributed by atoms with Gasteiger partial charge in [-0.15, -0.1) is 0 Å². The Balaban J connectivity index is 1.45. The SMILES string of the molecule is COc1cccc(CNC(=O)CCC2CCCN(C(=O)c3ccc(NC(C)=O)cc3)C2)c1. The Morgan fingerprint density at radius 3 is 2.62 bits per heavy atom. The molecule has 7 heteroatoms. The average Bonchev–Trinajstić information content (AvgIpc) is 2.81. The van der Waals surface area contributed by atoms with Crippen molar-refractivity contribution in [2.45, 2.75) is 39.2 Å². The van der Waals surface area contributed by atoms with Crippen LogP contribution in [0.5, 0.6) is 5.75 Å². The molecule has 7 nitrogen and oxygen atoms in total. The molecule has 0 aliphatic carbocycles. The molecule has 0 bridgehead atoms. The molecule has 3 rings (SSSR count). The van der Waals surface area contributed by atoms with Gasteiger partial charge in [0.05, 0.1) is 7.11 Å². The summed E-state index contributed by atoms with van der Waals surface area (Å²) in [5.41, 5.74) is 2.28. The summed E-state index contributed by atoms with van der Waals surface area (Å²) in [5, 5.41) is 5.67. The number of benzene rings is 2. The number of ether oxygens (including phenoxy) is 1. The molecule has 3 amide bonds. The molecule has 1 heterocycles. The fourth-order valence-electron chi connectivity index (χ4n) is 3.97. The first-order valence-electron chi connectivity index (χ1n) is 11.0. The summed E-state index contributed by atoms with van der Waals surface area (Å²) < 4.78 is 5.21. The van der Waals surface area contributed by atoms with E-state index in [1.54, 1.807) is 31.4 Å². The van der Waals surface area contributed by atoms with Crippen molar-refractivity contribution in [3.05, 3.63) is 59.7 Å². The van der Waals surface area contributed by atoms with Crippen LogP contribution in [0, 0.1) is 5.92 Å². The van der Waals surface area contributed by atoms with E-state index in [0.717, 1.165) is 37.1 Å². The zero-order valence-electron chi connectivity index (χ0n) is 18.7. The Hall–Kier alpha value is -3.35. The number of likely N-dealkylation sites (tertiary alicyclic amines) is 1. The number of anilines is 1. The Morgan fingerprint density at radius 1 is 1.12 bits per heavy atom. The first-order valence-corrected chi connectivity index (χ1v) is 11.0. The van der Waals surface area contributed by atoms with E-state index in [9.17, 15) is 14.4 Å². The Bertz CT molecular complexity index is 942. The number of hydrogen-bond donors (Lipinski definition) is 2. The molecule has 2 N–H and O–H groups in total. The minimum atomic E-state index is -0.143. The molecule has 0 radical (unpaired) electrons. The maximum Gasteiger partial charge on any atom is 0.253 e. The zero-order chi connectivity index (χ0) is 22.9. The number of amides is 3. The van der Waals surface area contributed by atoms with Crippen molar-refractivity contribution in [2.75, 3.05) is 25.5 Å². The van der Waals surface area contributed by atoms with Gasteiger partial charge in [0.1, 0.15) is 5.75 Å². The highest BCUT2D eigenvalue weighted by atomic mass is 16.5. The molecule has 1 aliphatic rings. The lowest BCUT2D eigenvalue weighted by molar-refractivity contribution is -0.121. The lowest BCUT2D eigenvalue weighted by Gasteiger charge is -2.33. The van der Waals surface area contributed by atoms with Gasteiger partial charge in [0, 0.05) is 44.2 Å². The van der Waals surface area contributed by atoms with Crippen LogP contribution in [0.2, 0.25) is 0 Å². The van der Waals surface area contributed by atoms with Crippen LogP contribution < -0.4 is 15.4 Å². The molecule has 2 aromatic rings. The van der Waals surface area contributed by atoms with Gasteiger partial charge in [-0.3, -0.25) is 14.4 Å². The lowest BCUT2D eigenvalue weighted by atomic mass is 9.92. The molecule has 1 fully saturated rings. The van der Waals surface area contributed by atoms with E-state index >= 15 is 0 Å².